The molecule has 4 aromatic carbocycles. The number of aryl methyl sites for hydroxylation is 1. The molecule has 0 radical (unpaired) electrons. The van der Waals surface area contributed by atoms with Crippen molar-refractivity contribution in [3.05, 3.63) is 133 Å². The van der Waals surface area contributed by atoms with Crippen LogP contribution in [0.15, 0.2) is 96.0 Å². The fourth-order valence-electron chi connectivity index (χ4n) is 5.78. The van der Waals surface area contributed by atoms with Crippen molar-refractivity contribution in [1.29, 1.82) is 0 Å². The first-order valence-corrected chi connectivity index (χ1v) is 14.9. The Labute approximate surface area is 258 Å². The van der Waals surface area contributed by atoms with Crippen molar-refractivity contribution in [1.82, 2.24) is 0 Å². The molecule has 1 aliphatic heterocycles. The molecule has 4 aromatic rings. The van der Waals surface area contributed by atoms with Gasteiger partial charge in [-0.3, -0.25) is 15.1 Å². The van der Waals surface area contributed by atoms with Gasteiger partial charge in [0.1, 0.15) is 6.61 Å². The summed E-state index contributed by atoms with van der Waals surface area (Å²) >= 11 is 2.22. The quantitative estimate of drug-likeness (QED) is 0.0667. The summed E-state index contributed by atoms with van der Waals surface area (Å²) in [6, 6.07) is 25.7. The summed E-state index contributed by atoms with van der Waals surface area (Å²) in [5.41, 5.74) is 7.84. The first-order valence-electron chi connectivity index (χ1n) is 13.8. The van der Waals surface area contributed by atoms with Gasteiger partial charge in [0, 0.05) is 30.0 Å². The molecular weight excluding hydrogens is 641 g/mol. The van der Waals surface area contributed by atoms with Gasteiger partial charge in [0.2, 0.25) is 0 Å². The summed E-state index contributed by atoms with van der Waals surface area (Å²) in [6.07, 6.45) is 7.59. The number of nitro benzene ring substituents is 1. The normalized spacial score (nSPS) is 18.8. The zero-order valence-electron chi connectivity index (χ0n) is 23.3. The number of ether oxygens (including phenoxy) is 2. The maximum atomic E-state index is 10.9. The summed E-state index contributed by atoms with van der Waals surface area (Å²) in [6.45, 7) is 2.42. The van der Waals surface area contributed by atoms with Gasteiger partial charge < -0.3 is 14.8 Å². The average Bonchev–Trinajstić information content (AvgIpc) is 3.50. The zero-order valence-corrected chi connectivity index (χ0v) is 25.4. The molecule has 6 rings (SSSR count). The highest BCUT2D eigenvalue weighted by molar-refractivity contribution is 14.1. The number of non-ortho nitro benzene ring substituents is 1. The molecular formula is C34H30IN3O4. The summed E-state index contributed by atoms with van der Waals surface area (Å²) in [5.74, 6) is 2.17. The Morgan fingerprint density at radius 3 is 2.60 bits per heavy atom. The number of aliphatic imine (C=N–C) groups is 1. The molecule has 0 aromatic heterocycles. The Morgan fingerprint density at radius 1 is 1.07 bits per heavy atom. The predicted octanol–water partition coefficient (Wildman–Crippen LogP) is 8.67. The molecule has 0 spiro atoms. The van der Waals surface area contributed by atoms with Gasteiger partial charge in [-0.15, -0.1) is 0 Å². The molecule has 42 heavy (non-hydrogen) atoms. The Morgan fingerprint density at radius 2 is 1.86 bits per heavy atom. The monoisotopic (exact) mass is 671 g/mol. The van der Waals surface area contributed by atoms with Gasteiger partial charge in [-0.05, 0) is 107 Å². The van der Waals surface area contributed by atoms with Crippen LogP contribution in [-0.2, 0) is 6.61 Å². The maximum absolute atomic E-state index is 10.9. The lowest BCUT2D eigenvalue weighted by atomic mass is 9.76. The van der Waals surface area contributed by atoms with Crippen LogP contribution in [0.3, 0.4) is 0 Å². The molecule has 212 valence electrons. The molecule has 0 fully saturated rings. The number of allylic oxidation sites excluding steroid dienone is 2. The summed E-state index contributed by atoms with van der Waals surface area (Å²) in [7, 11) is 1.60. The molecule has 3 atom stereocenters. The minimum Gasteiger partial charge on any atom is -0.493 e. The van der Waals surface area contributed by atoms with Gasteiger partial charge in [-0.1, -0.05) is 42.0 Å². The topological polar surface area (TPSA) is 86.0 Å². The fraction of sp³-hybridized carbons (Fsp3) is 0.206. The number of nitrogens with one attached hydrogen (secondary N) is 1. The zero-order chi connectivity index (χ0) is 29.2. The van der Waals surface area contributed by atoms with E-state index in [0.717, 1.165) is 26.8 Å². The van der Waals surface area contributed by atoms with Crippen LogP contribution in [0.1, 0.15) is 46.2 Å². The first kappa shape index (κ1) is 28.0. The van der Waals surface area contributed by atoms with E-state index in [9.17, 15) is 10.1 Å². The number of hydrogen-bond acceptors (Lipinski definition) is 6. The van der Waals surface area contributed by atoms with Crippen molar-refractivity contribution in [2.24, 2.45) is 10.9 Å². The van der Waals surface area contributed by atoms with Crippen LogP contribution in [0.5, 0.6) is 11.5 Å². The van der Waals surface area contributed by atoms with Crippen molar-refractivity contribution in [3.8, 4) is 11.5 Å². The minimum atomic E-state index is -0.415. The summed E-state index contributed by atoms with van der Waals surface area (Å²) in [5, 5.41) is 14.7. The fourth-order valence-corrected chi connectivity index (χ4v) is 6.57. The van der Waals surface area contributed by atoms with E-state index < -0.39 is 4.92 Å². The van der Waals surface area contributed by atoms with Crippen LogP contribution in [-0.4, -0.2) is 18.2 Å². The second-order valence-electron chi connectivity index (χ2n) is 10.7. The van der Waals surface area contributed by atoms with Gasteiger partial charge >= 0.3 is 0 Å². The smallest absolute Gasteiger partial charge is 0.269 e. The van der Waals surface area contributed by atoms with E-state index >= 15 is 0 Å². The Bertz CT molecular complexity index is 1680. The van der Waals surface area contributed by atoms with Gasteiger partial charge in [-0.2, -0.15) is 0 Å². The molecule has 0 bridgehead atoms. The molecule has 0 saturated heterocycles. The van der Waals surface area contributed by atoms with Crippen molar-refractivity contribution in [2.75, 3.05) is 12.4 Å². The van der Waals surface area contributed by atoms with Crippen molar-refractivity contribution >= 4 is 45.9 Å². The average molecular weight is 672 g/mol. The van der Waals surface area contributed by atoms with Crippen molar-refractivity contribution in [2.45, 2.75) is 31.9 Å². The minimum absolute atomic E-state index is 0.0513. The highest BCUT2D eigenvalue weighted by Gasteiger charge is 2.37. The molecule has 1 N–H and O–H groups in total. The number of hydrogen-bond donors (Lipinski definition) is 1. The molecule has 8 heteroatoms. The van der Waals surface area contributed by atoms with E-state index in [1.54, 1.807) is 19.2 Å². The lowest BCUT2D eigenvalue weighted by molar-refractivity contribution is -0.384. The molecule has 0 unspecified atom stereocenters. The van der Waals surface area contributed by atoms with E-state index in [2.05, 4.69) is 89.4 Å². The second kappa shape index (κ2) is 12.0. The van der Waals surface area contributed by atoms with E-state index in [0.29, 0.717) is 23.3 Å². The number of rotatable bonds is 8. The van der Waals surface area contributed by atoms with Gasteiger partial charge in [-0.25, -0.2) is 0 Å². The number of nitro groups is 1. The van der Waals surface area contributed by atoms with E-state index in [1.165, 1.54) is 34.5 Å². The summed E-state index contributed by atoms with van der Waals surface area (Å²) in [4.78, 5) is 15.2. The lowest BCUT2D eigenvalue weighted by Crippen LogP contribution is -2.29. The third-order valence-corrected chi connectivity index (χ3v) is 8.72. The van der Waals surface area contributed by atoms with Gasteiger partial charge in [0.15, 0.2) is 11.5 Å². The third-order valence-electron chi connectivity index (χ3n) is 7.92. The highest BCUT2D eigenvalue weighted by Crippen LogP contribution is 2.50. The number of nitrogens with zero attached hydrogens (tertiary/aromatic N) is 2. The molecule has 0 saturated carbocycles. The number of anilines is 1. The molecule has 0 amide bonds. The largest absolute Gasteiger partial charge is 0.493 e. The maximum Gasteiger partial charge on any atom is 0.269 e. The Hall–Kier alpha value is -4.18. The lowest BCUT2D eigenvalue weighted by Gasteiger charge is -2.37. The van der Waals surface area contributed by atoms with Crippen LogP contribution in [0.4, 0.5) is 17.1 Å². The van der Waals surface area contributed by atoms with Gasteiger partial charge in [0.25, 0.3) is 5.69 Å². The second-order valence-corrected chi connectivity index (χ2v) is 11.8. The van der Waals surface area contributed by atoms with Crippen LogP contribution >= 0.6 is 22.6 Å². The molecule has 1 heterocycles. The Balaban J connectivity index is 1.15. The summed E-state index contributed by atoms with van der Waals surface area (Å²) < 4.78 is 12.5. The third kappa shape index (κ3) is 5.76. The van der Waals surface area contributed by atoms with Crippen LogP contribution in [0, 0.1) is 26.5 Å². The number of methoxy groups -OCH3 is 1. The number of fused-ring (bicyclic) bond motifs is 3. The van der Waals surface area contributed by atoms with E-state index in [1.807, 2.05) is 18.3 Å². The van der Waals surface area contributed by atoms with Crippen molar-refractivity contribution in [3.63, 3.8) is 0 Å². The van der Waals surface area contributed by atoms with Crippen molar-refractivity contribution < 1.29 is 14.4 Å². The van der Waals surface area contributed by atoms with Crippen LogP contribution in [0.2, 0.25) is 0 Å². The number of benzene rings is 4. The van der Waals surface area contributed by atoms with Crippen LogP contribution < -0.4 is 14.8 Å². The van der Waals surface area contributed by atoms with E-state index in [4.69, 9.17) is 14.5 Å². The molecule has 2 aliphatic rings. The molecule has 7 nitrogen and oxygen atoms in total. The van der Waals surface area contributed by atoms with Gasteiger partial charge in [0.05, 0.1) is 27.3 Å². The standard InChI is InChI=1S/C34H30IN3O4/c1-21-6-15-31-29(16-21)27-4-3-5-28(27)33(37-31)24-9-11-25(12-10-24)36-19-23-17-30(35)34(32(18-23)41-2)42-20-22-7-13-26(14-8-22)38(39)40/h3-4,6-19,27-28,33,37H,5,20H2,1-2H3/t27-,28+,33-/m0/s1. The predicted molar refractivity (Wildman–Crippen MR) is 174 cm³/mol. The van der Waals surface area contributed by atoms with Crippen LogP contribution in [0.25, 0.3) is 0 Å². The number of halogens is 1. The first-order chi connectivity index (χ1) is 20.4. The molecule has 1 aliphatic carbocycles. The van der Waals surface area contributed by atoms with E-state index in [-0.39, 0.29) is 18.3 Å². The SMILES string of the molecule is COc1cc(C=Nc2ccc([C@@H]3Nc4ccc(C)cc4[C@H]4C=CC[C@H]43)cc2)cc(I)c1OCc1ccc([N+](=O)[O-])cc1. The Kier molecular flexibility index (Phi) is 7.97. The highest BCUT2D eigenvalue weighted by atomic mass is 127.